The standard InChI is InChI=1S/C21H26N2O4/c1-25-19-8-3-15(13-20(19)26-2)14-22-17-4-6-18(7-5-17)23-21(24)16-9-11-27-12-10-16/h3-8,13,16,22H,9-12,14H2,1-2H3,(H,23,24). The fourth-order valence-corrected chi connectivity index (χ4v) is 3.07. The SMILES string of the molecule is COc1ccc(CNc2ccc(NC(=O)C3CCOCC3)cc2)cc1OC. The van der Waals surface area contributed by atoms with Crippen molar-refractivity contribution in [3.63, 3.8) is 0 Å². The minimum Gasteiger partial charge on any atom is -0.493 e. The van der Waals surface area contributed by atoms with E-state index in [2.05, 4.69) is 10.6 Å². The van der Waals surface area contributed by atoms with Crippen LogP contribution in [0.4, 0.5) is 11.4 Å². The highest BCUT2D eigenvalue weighted by Gasteiger charge is 2.21. The lowest BCUT2D eigenvalue weighted by molar-refractivity contribution is -0.122. The summed E-state index contributed by atoms with van der Waals surface area (Å²) in [7, 11) is 3.25. The van der Waals surface area contributed by atoms with E-state index in [1.54, 1.807) is 14.2 Å². The molecule has 0 aromatic heterocycles. The van der Waals surface area contributed by atoms with Crippen molar-refractivity contribution in [3.8, 4) is 11.5 Å². The lowest BCUT2D eigenvalue weighted by Gasteiger charge is -2.21. The third-order valence-electron chi connectivity index (χ3n) is 4.69. The largest absolute Gasteiger partial charge is 0.493 e. The van der Waals surface area contributed by atoms with Crippen LogP contribution in [0.15, 0.2) is 42.5 Å². The summed E-state index contributed by atoms with van der Waals surface area (Å²) in [5.74, 6) is 1.54. The van der Waals surface area contributed by atoms with Gasteiger partial charge in [-0.25, -0.2) is 0 Å². The van der Waals surface area contributed by atoms with Crippen LogP contribution < -0.4 is 20.1 Å². The number of anilines is 2. The maximum atomic E-state index is 12.3. The molecule has 144 valence electrons. The lowest BCUT2D eigenvalue weighted by atomic mass is 9.99. The monoisotopic (exact) mass is 370 g/mol. The van der Waals surface area contributed by atoms with Crippen LogP contribution in [0.3, 0.4) is 0 Å². The van der Waals surface area contributed by atoms with Gasteiger partial charge < -0.3 is 24.8 Å². The number of carbonyl (C=O) groups excluding carboxylic acids is 1. The minimum atomic E-state index is 0.0432. The maximum Gasteiger partial charge on any atom is 0.227 e. The number of hydrogen-bond acceptors (Lipinski definition) is 5. The quantitative estimate of drug-likeness (QED) is 0.778. The first kappa shape index (κ1) is 19.0. The van der Waals surface area contributed by atoms with Crippen molar-refractivity contribution in [3.05, 3.63) is 48.0 Å². The van der Waals surface area contributed by atoms with E-state index in [1.165, 1.54) is 0 Å². The molecule has 1 amide bonds. The van der Waals surface area contributed by atoms with Crippen molar-refractivity contribution in [2.45, 2.75) is 19.4 Å². The third kappa shape index (κ3) is 5.14. The Morgan fingerprint density at radius 3 is 2.33 bits per heavy atom. The number of nitrogens with one attached hydrogen (secondary N) is 2. The van der Waals surface area contributed by atoms with E-state index in [9.17, 15) is 4.79 Å². The van der Waals surface area contributed by atoms with Gasteiger partial charge >= 0.3 is 0 Å². The summed E-state index contributed by atoms with van der Waals surface area (Å²) in [6.45, 7) is 1.99. The number of methoxy groups -OCH3 is 2. The number of amides is 1. The Hall–Kier alpha value is -2.73. The van der Waals surface area contributed by atoms with Gasteiger partial charge in [0.25, 0.3) is 0 Å². The summed E-state index contributed by atoms with van der Waals surface area (Å²) in [5.41, 5.74) is 2.88. The molecule has 2 aromatic rings. The van der Waals surface area contributed by atoms with Crippen molar-refractivity contribution in [2.24, 2.45) is 5.92 Å². The maximum absolute atomic E-state index is 12.3. The Labute approximate surface area is 159 Å². The molecular weight excluding hydrogens is 344 g/mol. The first-order valence-electron chi connectivity index (χ1n) is 9.13. The second-order valence-corrected chi connectivity index (χ2v) is 6.50. The molecule has 0 aliphatic carbocycles. The first-order valence-corrected chi connectivity index (χ1v) is 9.13. The van der Waals surface area contributed by atoms with E-state index in [4.69, 9.17) is 14.2 Å². The van der Waals surface area contributed by atoms with E-state index in [1.807, 2.05) is 42.5 Å². The normalized spacial score (nSPS) is 14.4. The molecule has 1 fully saturated rings. The van der Waals surface area contributed by atoms with Gasteiger partial charge in [0.2, 0.25) is 5.91 Å². The number of benzene rings is 2. The molecule has 2 N–H and O–H groups in total. The zero-order chi connectivity index (χ0) is 19.1. The number of hydrogen-bond donors (Lipinski definition) is 2. The van der Waals surface area contributed by atoms with Gasteiger partial charge in [0.05, 0.1) is 14.2 Å². The molecule has 1 aliphatic rings. The Balaban J connectivity index is 1.54. The average Bonchev–Trinajstić information content (AvgIpc) is 2.73. The van der Waals surface area contributed by atoms with Crippen LogP contribution in [-0.2, 0) is 16.1 Å². The molecule has 0 bridgehead atoms. The molecular formula is C21H26N2O4. The topological polar surface area (TPSA) is 68.8 Å². The highest BCUT2D eigenvalue weighted by Crippen LogP contribution is 2.28. The van der Waals surface area contributed by atoms with Crippen LogP contribution in [0.1, 0.15) is 18.4 Å². The van der Waals surface area contributed by atoms with Crippen molar-refractivity contribution in [1.29, 1.82) is 0 Å². The summed E-state index contributed by atoms with van der Waals surface area (Å²) >= 11 is 0. The smallest absolute Gasteiger partial charge is 0.227 e. The molecule has 0 atom stereocenters. The second kappa shape index (κ2) is 9.28. The Morgan fingerprint density at radius 1 is 1.00 bits per heavy atom. The van der Waals surface area contributed by atoms with E-state index in [-0.39, 0.29) is 11.8 Å². The predicted octanol–water partition coefficient (Wildman–Crippen LogP) is 3.68. The third-order valence-corrected chi connectivity index (χ3v) is 4.69. The van der Waals surface area contributed by atoms with E-state index < -0.39 is 0 Å². The van der Waals surface area contributed by atoms with Crippen LogP contribution >= 0.6 is 0 Å². The molecule has 3 rings (SSSR count). The van der Waals surface area contributed by atoms with Crippen LogP contribution in [0, 0.1) is 5.92 Å². The Bertz CT molecular complexity index is 755. The van der Waals surface area contributed by atoms with Crippen molar-refractivity contribution in [1.82, 2.24) is 0 Å². The van der Waals surface area contributed by atoms with Crippen LogP contribution in [0.25, 0.3) is 0 Å². The van der Waals surface area contributed by atoms with Gasteiger partial charge in [0.15, 0.2) is 11.5 Å². The fourth-order valence-electron chi connectivity index (χ4n) is 3.07. The van der Waals surface area contributed by atoms with Gasteiger partial charge in [-0.05, 0) is 54.8 Å². The molecule has 0 radical (unpaired) electrons. The second-order valence-electron chi connectivity index (χ2n) is 6.50. The molecule has 0 saturated carbocycles. The van der Waals surface area contributed by atoms with E-state index in [0.717, 1.165) is 29.8 Å². The van der Waals surface area contributed by atoms with E-state index in [0.29, 0.717) is 31.3 Å². The van der Waals surface area contributed by atoms with Gasteiger partial charge in [-0.2, -0.15) is 0 Å². The number of ether oxygens (including phenoxy) is 3. The number of carbonyl (C=O) groups is 1. The summed E-state index contributed by atoms with van der Waals surface area (Å²) in [6, 6.07) is 13.6. The van der Waals surface area contributed by atoms with Crippen molar-refractivity contribution < 1.29 is 19.0 Å². The fraction of sp³-hybridized carbons (Fsp3) is 0.381. The predicted molar refractivity (Wildman–Crippen MR) is 105 cm³/mol. The van der Waals surface area contributed by atoms with Crippen LogP contribution in [0.2, 0.25) is 0 Å². The zero-order valence-electron chi connectivity index (χ0n) is 15.8. The van der Waals surface area contributed by atoms with Crippen molar-refractivity contribution in [2.75, 3.05) is 38.1 Å². The zero-order valence-corrected chi connectivity index (χ0v) is 15.8. The number of rotatable bonds is 7. The summed E-state index contributed by atoms with van der Waals surface area (Å²) < 4.78 is 15.9. The van der Waals surface area contributed by atoms with Gasteiger partial charge in [-0.1, -0.05) is 6.07 Å². The van der Waals surface area contributed by atoms with Gasteiger partial charge in [0, 0.05) is 37.1 Å². The molecule has 0 spiro atoms. The van der Waals surface area contributed by atoms with E-state index >= 15 is 0 Å². The minimum absolute atomic E-state index is 0.0432. The average molecular weight is 370 g/mol. The van der Waals surface area contributed by atoms with Gasteiger partial charge in [-0.15, -0.1) is 0 Å². The Morgan fingerprint density at radius 2 is 1.67 bits per heavy atom. The summed E-state index contributed by atoms with van der Waals surface area (Å²) in [5, 5.41) is 6.36. The molecule has 6 nitrogen and oxygen atoms in total. The molecule has 1 heterocycles. The van der Waals surface area contributed by atoms with Crippen molar-refractivity contribution >= 4 is 17.3 Å². The molecule has 6 heteroatoms. The molecule has 2 aromatic carbocycles. The highest BCUT2D eigenvalue weighted by atomic mass is 16.5. The molecule has 27 heavy (non-hydrogen) atoms. The highest BCUT2D eigenvalue weighted by molar-refractivity contribution is 5.92. The van der Waals surface area contributed by atoms with Gasteiger partial charge in [0.1, 0.15) is 0 Å². The molecule has 1 aliphatic heterocycles. The summed E-state index contributed by atoms with van der Waals surface area (Å²) in [4.78, 5) is 12.3. The molecule has 0 unspecified atom stereocenters. The first-order chi connectivity index (χ1) is 13.2. The molecule has 1 saturated heterocycles. The Kier molecular flexibility index (Phi) is 6.54. The lowest BCUT2D eigenvalue weighted by Crippen LogP contribution is -2.28. The van der Waals surface area contributed by atoms with Gasteiger partial charge in [-0.3, -0.25) is 4.79 Å². The van der Waals surface area contributed by atoms with Crippen LogP contribution in [0.5, 0.6) is 11.5 Å². The van der Waals surface area contributed by atoms with Crippen LogP contribution in [-0.4, -0.2) is 33.3 Å². The summed E-state index contributed by atoms with van der Waals surface area (Å²) in [6.07, 6.45) is 1.58.